The number of halogens is 1. The first kappa shape index (κ1) is 17.1. The van der Waals surface area contributed by atoms with Crippen LogP contribution >= 0.6 is 11.6 Å². The third-order valence-electron chi connectivity index (χ3n) is 4.52. The number of ether oxygens (including phenoxy) is 1. The lowest BCUT2D eigenvalue weighted by molar-refractivity contribution is 0.461. The lowest BCUT2D eigenvalue weighted by Crippen LogP contribution is -2.19. The normalized spacial score (nSPS) is 14.2. The van der Waals surface area contributed by atoms with E-state index in [2.05, 4.69) is 4.98 Å². The van der Waals surface area contributed by atoms with Crippen LogP contribution in [0.2, 0.25) is 5.02 Å². The Morgan fingerprint density at radius 2 is 1.96 bits per heavy atom. The number of hydrogen-bond acceptors (Lipinski definition) is 2. The van der Waals surface area contributed by atoms with Gasteiger partial charge in [-0.05, 0) is 68.7 Å². The van der Waals surface area contributed by atoms with E-state index in [0.29, 0.717) is 22.3 Å². The van der Waals surface area contributed by atoms with Gasteiger partial charge in [0, 0.05) is 16.3 Å². The molecule has 0 atom stereocenters. The summed E-state index contributed by atoms with van der Waals surface area (Å²) in [5.41, 5.74) is 3.72. The zero-order chi connectivity index (χ0) is 17.4. The van der Waals surface area contributed by atoms with Crippen LogP contribution in [0.1, 0.15) is 55.0 Å². The molecule has 1 aromatic carbocycles. The molecule has 0 spiro atoms. The van der Waals surface area contributed by atoms with Crippen LogP contribution in [0.25, 0.3) is 0 Å². The van der Waals surface area contributed by atoms with E-state index in [1.54, 1.807) is 6.07 Å². The average Bonchev–Trinajstić information content (AvgIpc) is 3.25. The number of nitrogens with one attached hydrogen (secondary N) is 1. The number of aromatic amines is 1. The van der Waals surface area contributed by atoms with Crippen molar-refractivity contribution < 1.29 is 4.74 Å². The summed E-state index contributed by atoms with van der Waals surface area (Å²) in [5.74, 6) is 2.20. The number of H-pyrrole nitrogens is 1. The van der Waals surface area contributed by atoms with E-state index in [0.717, 1.165) is 29.0 Å². The van der Waals surface area contributed by atoms with E-state index in [-0.39, 0.29) is 11.5 Å². The van der Waals surface area contributed by atoms with E-state index < -0.39 is 0 Å². The van der Waals surface area contributed by atoms with Crippen LogP contribution in [0.5, 0.6) is 11.5 Å². The molecule has 0 radical (unpaired) electrons. The van der Waals surface area contributed by atoms with Gasteiger partial charge in [0.2, 0.25) is 0 Å². The highest BCUT2D eigenvalue weighted by atomic mass is 35.5. The molecule has 1 aliphatic carbocycles. The fourth-order valence-corrected chi connectivity index (χ4v) is 3.41. The molecule has 4 heteroatoms. The minimum Gasteiger partial charge on any atom is -0.456 e. The standard InChI is InChI=1S/C20H24ClNO2/c1-11(2)18-19(24-16-8-12(3)7-15(21)10-16)17(9-14-5-6-14)13(4)22-20(18)23/h7-8,10-11,14H,5-6,9H2,1-4H3,(H,22,23). The predicted octanol–water partition coefficient (Wildman–Crippen LogP) is 5.51. The van der Waals surface area contributed by atoms with E-state index in [9.17, 15) is 4.79 Å². The molecule has 0 bridgehead atoms. The van der Waals surface area contributed by atoms with Crippen LogP contribution in [0.15, 0.2) is 23.0 Å². The van der Waals surface area contributed by atoms with Gasteiger partial charge in [-0.25, -0.2) is 0 Å². The van der Waals surface area contributed by atoms with Gasteiger partial charge < -0.3 is 9.72 Å². The van der Waals surface area contributed by atoms with Gasteiger partial charge in [-0.15, -0.1) is 0 Å². The van der Waals surface area contributed by atoms with Gasteiger partial charge in [0.25, 0.3) is 5.56 Å². The van der Waals surface area contributed by atoms with Gasteiger partial charge in [0.1, 0.15) is 11.5 Å². The summed E-state index contributed by atoms with van der Waals surface area (Å²) in [5, 5.41) is 0.640. The molecule has 1 heterocycles. The average molecular weight is 346 g/mol. The van der Waals surface area contributed by atoms with Crippen LogP contribution in [0, 0.1) is 19.8 Å². The monoisotopic (exact) mass is 345 g/mol. The Balaban J connectivity index is 2.13. The third kappa shape index (κ3) is 3.67. The zero-order valence-corrected chi connectivity index (χ0v) is 15.5. The summed E-state index contributed by atoms with van der Waals surface area (Å²) in [7, 11) is 0. The minimum absolute atomic E-state index is 0.0594. The largest absolute Gasteiger partial charge is 0.456 e. The molecule has 0 saturated heterocycles. The van der Waals surface area contributed by atoms with Crippen LogP contribution in [0.3, 0.4) is 0 Å². The Kier molecular flexibility index (Phi) is 4.73. The van der Waals surface area contributed by atoms with Crippen molar-refractivity contribution >= 4 is 11.6 Å². The summed E-state index contributed by atoms with van der Waals surface area (Å²) >= 11 is 6.17. The highest BCUT2D eigenvalue weighted by molar-refractivity contribution is 6.30. The molecule has 1 fully saturated rings. The van der Waals surface area contributed by atoms with Crippen molar-refractivity contribution in [2.75, 3.05) is 0 Å². The maximum Gasteiger partial charge on any atom is 0.255 e. The molecule has 0 amide bonds. The van der Waals surface area contributed by atoms with E-state index in [1.165, 1.54) is 12.8 Å². The smallest absolute Gasteiger partial charge is 0.255 e. The first-order valence-corrected chi connectivity index (χ1v) is 8.93. The van der Waals surface area contributed by atoms with Crippen LogP contribution in [-0.4, -0.2) is 4.98 Å². The number of benzene rings is 1. The molecule has 24 heavy (non-hydrogen) atoms. The molecule has 0 unspecified atom stereocenters. The minimum atomic E-state index is -0.0594. The maximum absolute atomic E-state index is 12.5. The Hall–Kier alpha value is -1.74. The highest BCUT2D eigenvalue weighted by Crippen LogP contribution is 2.40. The number of rotatable bonds is 5. The van der Waals surface area contributed by atoms with Crippen molar-refractivity contribution in [3.8, 4) is 11.5 Å². The van der Waals surface area contributed by atoms with Crippen molar-refractivity contribution in [2.24, 2.45) is 5.92 Å². The summed E-state index contributed by atoms with van der Waals surface area (Å²) in [6.07, 6.45) is 3.47. The van der Waals surface area contributed by atoms with Crippen molar-refractivity contribution in [2.45, 2.75) is 52.9 Å². The quantitative estimate of drug-likeness (QED) is 0.775. The molecule has 2 aromatic rings. The molecule has 0 aliphatic heterocycles. The fourth-order valence-electron chi connectivity index (χ4n) is 3.13. The van der Waals surface area contributed by atoms with Crippen molar-refractivity contribution in [3.05, 3.63) is 56.0 Å². The SMILES string of the molecule is Cc1cc(Cl)cc(Oc2c(CC3CC3)c(C)[nH]c(=O)c2C(C)C)c1. The molecular weight excluding hydrogens is 322 g/mol. The molecule has 3 nitrogen and oxygen atoms in total. The number of aryl methyl sites for hydroxylation is 2. The Morgan fingerprint density at radius 1 is 1.25 bits per heavy atom. The maximum atomic E-state index is 12.5. The van der Waals surface area contributed by atoms with Crippen LogP contribution in [-0.2, 0) is 6.42 Å². The molecule has 1 N–H and O–H groups in total. The van der Waals surface area contributed by atoms with Crippen molar-refractivity contribution in [1.82, 2.24) is 4.98 Å². The molecule has 3 rings (SSSR count). The summed E-state index contributed by atoms with van der Waals surface area (Å²) < 4.78 is 6.25. The second-order valence-electron chi connectivity index (χ2n) is 7.17. The highest BCUT2D eigenvalue weighted by Gasteiger charge is 2.27. The van der Waals surface area contributed by atoms with Gasteiger partial charge in [-0.3, -0.25) is 4.79 Å². The Bertz CT molecular complexity index is 799. The molecule has 1 aliphatic rings. The van der Waals surface area contributed by atoms with Gasteiger partial charge in [0.15, 0.2) is 0 Å². The lowest BCUT2D eigenvalue weighted by atomic mass is 9.97. The van der Waals surface area contributed by atoms with Crippen LogP contribution < -0.4 is 10.3 Å². The first-order valence-electron chi connectivity index (χ1n) is 8.56. The second kappa shape index (κ2) is 6.64. The molecular formula is C20H24ClNO2. The van der Waals surface area contributed by atoms with E-state index >= 15 is 0 Å². The summed E-state index contributed by atoms with van der Waals surface area (Å²) in [6.45, 7) is 7.99. The van der Waals surface area contributed by atoms with E-state index in [1.807, 2.05) is 39.8 Å². The van der Waals surface area contributed by atoms with Crippen molar-refractivity contribution in [1.29, 1.82) is 0 Å². The van der Waals surface area contributed by atoms with Gasteiger partial charge >= 0.3 is 0 Å². The fraction of sp³-hybridized carbons (Fsp3) is 0.450. The van der Waals surface area contributed by atoms with Gasteiger partial charge in [-0.1, -0.05) is 25.4 Å². The zero-order valence-electron chi connectivity index (χ0n) is 14.7. The van der Waals surface area contributed by atoms with Gasteiger partial charge in [-0.2, -0.15) is 0 Å². The Morgan fingerprint density at radius 3 is 2.54 bits per heavy atom. The van der Waals surface area contributed by atoms with Crippen molar-refractivity contribution in [3.63, 3.8) is 0 Å². The molecule has 128 valence electrons. The summed E-state index contributed by atoms with van der Waals surface area (Å²) in [4.78, 5) is 15.5. The summed E-state index contributed by atoms with van der Waals surface area (Å²) in [6, 6.07) is 5.65. The lowest BCUT2D eigenvalue weighted by Gasteiger charge is -2.19. The third-order valence-corrected chi connectivity index (χ3v) is 4.74. The number of aromatic nitrogens is 1. The first-order chi connectivity index (χ1) is 11.3. The predicted molar refractivity (Wildman–Crippen MR) is 98.6 cm³/mol. The molecule has 1 aromatic heterocycles. The topological polar surface area (TPSA) is 42.1 Å². The second-order valence-corrected chi connectivity index (χ2v) is 7.61. The Labute approximate surface area is 148 Å². The van der Waals surface area contributed by atoms with Gasteiger partial charge in [0.05, 0.1) is 5.56 Å². The number of hydrogen-bond donors (Lipinski definition) is 1. The van der Waals surface area contributed by atoms with Crippen LogP contribution in [0.4, 0.5) is 0 Å². The molecule has 1 saturated carbocycles. The number of pyridine rings is 1. The van der Waals surface area contributed by atoms with E-state index in [4.69, 9.17) is 16.3 Å².